The van der Waals surface area contributed by atoms with Gasteiger partial charge in [-0.2, -0.15) is 0 Å². The molecule has 0 radical (unpaired) electrons. The zero-order chi connectivity index (χ0) is 6.32. The van der Waals surface area contributed by atoms with E-state index in [2.05, 4.69) is 15.1 Å². The minimum absolute atomic E-state index is 0.640. The van der Waals surface area contributed by atoms with Crippen molar-refractivity contribution in [2.45, 2.75) is 0 Å². The van der Waals surface area contributed by atoms with Crippen LogP contribution in [0.2, 0.25) is 0 Å². The topological polar surface area (TPSA) is 30.9 Å². The summed E-state index contributed by atoms with van der Waals surface area (Å²) in [6.45, 7) is 1.92. The van der Waals surface area contributed by atoms with Crippen LogP contribution < -0.4 is 0 Å². The molecule has 9 heavy (non-hydrogen) atoms. The van der Waals surface area contributed by atoms with Crippen LogP contribution in [0.25, 0.3) is 0 Å². The molecule has 52 valence electrons. The van der Waals surface area contributed by atoms with Crippen molar-refractivity contribution in [1.82, 2.24) is 4.90 Å². The third-order valence-corrected chi connectivity index (χ3v) is 4.48. The van der Waals surface area contributed by atoms with E-state index < -0.39 is 6.19 Å². The van der Waals surface area contributed by atoms with Crippen molar-refractivity contribution in [1.29, 1.82) is 0 Å². The second-order valence-corrected chi connectivity index (χ2v) is 6.38. The third kappa shape index (κ3) is 1.15. The molecule has 6 heteroatoms. The van der Waals surface area contributed by atoms with Crippen LogP contribution in [0.3, 0.4) is 0 Å². The average Bonchev–Trinajstić information content (AvgIpc) is 1.90. The number of hydrogen-bond acceptors (Lipinski definition) is 4. The molecule has 3 rings (SSSR count). The van der Waals surface area contributed by atoms with Crippen LogP contribution in [-0.2, 0) is 13.6 Å². The summed E-state index contributed by atoms with van der Waals surface area (Å²) >= 11 is 2.80. The molecule has 0 aromatic carbocycles. The van der Waals surface area contributed by atoms with E-state index >= 15 is 0 Å². The van der Waals surface area contributed by atoms with Crippen molar-refractivity contribution in [3.63, 3.8) is 0 Å². The normalized spacial score (nSPS) is 49.6. The minimum atomic E-state index is -1.95. The van der Waals surface area contributed by atoms with Gasteiger partial charge in [0.05, 0.1) is 0 Å². The molecule has 2 bridgehead atoms. The zero-order valence-corrected chi connectivity index (χ0v) is 7.26. The molecule has 0 amide bonds. The fraction of sp³-hybridized carbons (Fsp3) is 1.00. The van der Waals surface area contributed by atoms with Crippen LogP contribution in [0.5, 0.6) is 0 Å². The molecule has 0 saturated carbocycles. The molecule has 4 nitrogen and oxygen atoms in total. The fourth-order valence-electron chi connectivity index (χ4n) is 0.681. The van der Waals surface area contributed by atoms with Gasteiger partial charge >= 0.3 is 60.0 Å². The van der Waals surface area contributed by atoms with Gasteiger partial charge in [-0.15, -0.1) is 0 Å². The summed E-state index contributed by atoms with van der Waals surface area (Å²) in [5.74, 6) is 0. The van der Waals surface area contributed by atoms with Crippen molar-refractivity contribution >= 4 is 21.3 Å². The first-order valence-electron chi connectivity index (χ1n) is 2.55. The van der Waals surface area contributed by atoms with Crippen LogP contribution in [0.1, 0.15) is 0 Å². The van der Waals surface area contributed by atoms with Crippen molar-refractivity contribution in [2.75, 3.05) is 20.2 Å². The standard InChI is InChI=1S/C3H6NO3PSe/c9-8-5-1-4(2-6-8)3-7-8/h1-3H2. The Morgan fingerprint density at radius 3 is 1.78 bits per heavy atom. The summed E-state index contributed by atoms with van der Waals surface area (Å²) in [6, 6.07) is 0. The SMILES string of the molecule is [Se]=P12OCN(CO1)CO2. The van der Waals surface area contributed by atoms with E-state index in [-0.39, 0.29) is 0 Å². The Labute approximate surface area is 60.5 Å². The maximum absolute atomic E-state index is 5.20. The Morgan fingerprint density at radius 2 is 1.56 bits per heavy atom. The monoisotopic (exact) mass is 215 g/mol. The van der Waals surface area contributed by atoms with E-state index in [0.29, 0.717) is 20.2 Å². The quantitative estimate of drug-likeness (QED) is 0.422. The molecule has 3 aliphatic heterocycles. The maximum atomic E-state index is 5.20. The van der Waals surface area contributed by atoms with Crippen LogP contribution in [-0.4, -0.2) is 40.2 Å². The first-order valence-corrected chi connectivity index (χ1v) is 6.30. The van der Waals surface area contributed by atoms with Crippen LogP contribution in [0, 0.1) is 0 Å². The number of nitrogens with zero attached hydrogens (tertiary/aromatic N) is 1. The van der Waals surface area contributed by atoms with Crippen molar-refractivity contribution < 1.29 is 13.6 Å². The predicted molar refractivity (Wildman–Crippen MR) is 32.4 cm³/mol. The molecule has 3 saturated heterocycles. The third-order valence-electron chi connectivity index (χ3n) is 1.20. The van der Waals surface area contributed by atoms with Crippen molar-refractivity contribution in [3.05, 3.63) is 0 Å². The summed E-state index contributed by atoms with van der Waals surface area (Å²) in [4.78, 5) is 1.93. The van der Waals surface area contributed by atoms with Gasteiger partial charge in [-0.1, -0.05) is 0 Å². The number of rotatable bonds is 0. The Hall–Kier alpha value is 0.789. The molecule has 3 heterocycles. The van der Waals surface area contributed by atoms with Gasteiger partial charge in [0.1, 0.15) is 0 Å². The molecule has 0 aromatic heterocycles. The van der Waals surface area contributed by atoms with Gasteiger partial charge in [0.15, 0.2) is 0 Å². The Balaban J connectivity index is 2.20. The molecular weight excluding hydrogens is 208 g/mol. The molecule has 0 aliphatic carbocycles. The van der Waals surface area contributed by atoms with Crippen LogP contribution in [0.4, 0.5) is 0 Å². The van der Waals surface area contributed by atoms with Crippen molar-refractivity contribution in [3.8, 4) is 0 Å². The molecule has 0 atom stereocenters. The Bertz CT molecular complexity index is 146. The summed E-state index contributed by atoms with van der Waals surface area (Å²) in [7, 11) is 0. The first-order chi connectivity index (χ1) is 4.29. The summed E-state index contributed by atoms with van der Waals surface area (Å²) in [5, 5.41) is 0. The van der Waals surface area contributed by atoms with Crippen LogP contribution >= 0.6 is 6.19 Å². The van der Waals surface area contributed by atoms with Gasteiger partial charge in [0, 0.05) is 0 Å². The van der Waals surface area contributed by atoms with Gasteiger partial charge < -0.3 is 0 Å². The van der Waals surface area contributed by atoms with E-state index in [9.17, 15) is 0 Å². The van der Waals surface area contributed by atoms with E-state index in [1.54, 1.807) is 0 Å². The molecule has 3 aliphatic rings. The van der Waals surface area contributed by atoms with Crippen molar-refractivity contribution in [2.24, 2.45) is 0 Å². The Kier molecular flexibility index (Phi) is 1.54. The molecule has 0 unspecified atom stereocenters. The molecule has 0 spiro atoms. The van der Waals surface area contributed by atoms with Crippen LogP contribution in [0.15, 0.2) is 0 Å². The predicted octanol–water partition coefficient (Wildman–Crippen LogP) is 0.0840. The summed E-state index contributed by atoms with van der Waals surface area (Å²) in [5.41, 5.74) is 0. The van der Waals surface area contributed by atoms with Gasteiger partial charge in [0.25, 0.3) is 0 Å². The molecule has 3 fully saturated rings. The molecule has 0 N–H and O–H groups in total. The number of hydrogen-bond donors (Lipinski definition) is 0. The number of fused-ring (bicyclic) bond motifs is 3. The fourth-order valence-corrected chi connectivity index (χ4v) is 2.71. The molecular formula is C3H6NO3PSe. The zero-order valence-electron chi connectivity index (χ0n) is 4.65. The second-order valence-electron chi connectivity index (χ2n) is 1.89. The summed E-state index contributed by atoms with van der Waals surface area (Å²) < 4.78 is 15.6. The Morgan fingerprint density at radius 1 is 1.11 bits per heavy atom. The van der Waals surface area contributed by atoms with Gasteiger partial charge in [0.2, 0.25) is 0 Å². The van der Waals surface area contributed by atoms with Gasteiger partial charge in [-0.05, 0) is 0 Å². The van der Waals surface area contributed by atoms with E-state index in [1.165, 1.54) is 0 Å². The van der Waals surface area contributed by atoms with E-state index in [0.717, 1.165) is 0 Å². The van der Waals surface area contributed by atoms with E-state index in [1.807, 2.05) is 4.90 Å². The average molecular weight is 214 g/mol. The van der Waals surface area contributed by atoms with Gasteiger partial charge in [-0.3, -0.25) is 0 Å². The first kappa shape index (κ1) is 6.50. The second kappa shape index (κ2) is 2.14. The van der Waals surface area contributed by atoms with E-state index in [4.69, 9.17) is 13.6 Å². The van der Waals surface area contributed by atoms with Gasteiger partial charge in [-0.25, -0.2) is 0 Å². The molecule has 0 aromatic rings. The summed E-state index contributed by atoms with van der Waals surface area (Å²) in [6.07, 6.45) is -1.95.